The van der Waals surface area contributed by atoms with E-state index in [9.17, 15) is 0 Å². The first-order chi connectivity index (χ1) is 6.69. The van der Waals surface area contributed by atoms with Gasteiger partial charge in [-0.05, 0) is 24.0 Å². The Balaban J connectivity index is 3.00. The van der Waals surface area contributed by atoms with Gasteiger partial charge in [0, 0.05) is 10.5 Å². The average molecular weight is 231 g/mol. The molecule has 0 aliphatic rings. The Bertz CT molecular complexity index is 355. The average Bonchev–Trinajstić information content (AvgIpc) is 2.20. The number of hydrogen-bond donors (Lipinski definition) is 2. The summed E-state index contributed by atoms with van der Waals surface area (Å²) in [7, 11) is 0. The summed E-state index contributed by atoms with van der Waals surface area (Å²) in [5.74, 6) is 1.03. The summed E-state index contributed by atoms with van der Waals surface area (Å²) in [4.78, 5) is 1.00. The van der Waals surface area contributed by atoms with Gasteiger partial charge in [-0.3, -0.25) is 0 Å². The Morgan fingerprint density at radius 2 is 2.36 bits per heavy atom. The van der Waals surface area contributed by atoms with E-state index >= 15 is 0 Å². The van der Waals surface area contributed by atoms with E-state index in [2.05, 4.69) is 12.1 Å². The molecule has 0 aliphatic heterocycles. The fourth-order valence-electron chi connectivity index (χ4n) is 0.990. The summed E-state index contributed by atoms with van der Waals surface area (Å²) in [5.41, 5.74) is 6.04. The van der Waals surface area contributed by atoms with Gasteiger partial charge < -0.3 is 10.9 Å². The molecule has 0 atom stereocenters. The zero-order valence-electron chi connectivity index (χ0n) is 7.70. The van der Waals surface area contributed by atoms with Crippen molar-refractivity contribution < 1.29 is 5.21 Å². The van der Waals surface area contributed by atoms with Crippen LogP contribution in [0.25, 0.3) is 0 Å². The molecule has 14 heavy (non-hydrogen) atoms. The second-order valence-electron chi connectivity index (χ2n) is 2.56. The van der Waals surface area contributed by atoms with E-state index in [-0.39, 0.29) is 5.84 Å². The molecule has 0 spiro atoms. The van der Waals surface area contributed by atoms with Crippen LogP contribution in [-0.2, 0) is 0 Å². The van der Waals surface area contributed by atoms with Crippen molar-refractivity contribution >= 4 is 29.2 Å². The van der Waals surface area contributed by atoms with Crippen LogP contribution in [0, 0.1) is 0 Å². The maximum absolute atomic E-state index is 8.47. The lowest BCUT2D eigenvalue weighted by molar-refractivity contribution is 0.318. The molecule has 0 aromatic heterocycles. The third-order valence-electron chi connectivity index (χ3n) is 1.64. The maximum Gasteiger partial charge on any atom is 0.170 e. The molecule has 0 saturated heterocycles. The molecule has 0 fully saturated rings. The molecule has 0 bridgehead atoms. The van der Waals surface area contributed by atoms with Crippen LogP contribution in [0.5, 0.6) is 0 Å². The zero-order chi connectivity index (χ0) is 10.6. The Morgan fingerprint density at radius 1 is 1.64 bits per heavy atom. The van der Waals surface area contributed by atoms with Crippen molar-refractivity contribution in [2.24, 2.45) is 10.9 Å². The summed E-state index contributed by atoms with van der Waals surface area (Å²) in [6, 6.07) is 5.33. The van der Waals surface area contributed by atoms with Crippen molar-refractivity contribution in [1.29, 1.82) is 0 Å². The quantitative estimate of drug-likeness (QED) is 0.276. The van der Waals surface area contributed by atoms with Gasteiger partial charge in [0.25, 0.3) is 0 Å². The molecule has 1 rings (SSSR count). The first-order valence-corrected chi connectivity index (χ1v) is 5.45. The van der Waals surface area contributed by atoms with Crippen molar-refractivity contribution in [2.75, 3.05) is 5.75 Å². The van der Waals surface area contributed by atoms with Crippen molar-refractivity contribution in [3.8, 4) is 0 Å². The fraction of sp³-hybridized carbons (Fsp3) is 0.222. The predicted octanol–water partition coefficient (Wildman–Crippen LogP) is 2.55. The summed E-state index contributed by atoms with van der Waals surface area (Å²) < 4.78 is 0. The molecule has 76 valence electrons. The minimum Gasteiger partial charge on any atom is -0.409 e. The van der Waals surface area contributed by atoms with Crippen LogP contribution in [0.3, 0.4) is 0 Å². The normalized spacial score (nSPS) is 11.7. The van der Waals surface area contributed by atoms with Crippen molar-refractivity contribution in [1.82, 2.24) is 0 Å². The molecule has 1 aromatic carbocycles. The lowest BCUT2D eigenvalue weighted by Gasteiger charge is -2.04. The van der Waals surface area contributed by atoms with Gasteiger partial charge in [-0.25, -0.2) is 0 Å². The second-order valence-corrected chi connectivity index (χ2v) is 4.28. The minimum atomic E-state index is 0.0694. The maximum atomic E-state index is 8.47. The van der Waals surface area contributed by atoms with E-state index < -0.39 is 0 Å². The number of nitrogens with two attached hydrogens (primary N) is 1. The standard InChI is InChI=1S/C9H11ClN2OS/c1-2-14-8-4-3-6(5-7(8)10)9(11)12-13/h3-5,13H,2H2,1H3,(H2,11,12). The van der Waals surface area contributed by atoms with E-state index in [1.165, 1.54) is 0 Å². The third kappa shape index (κ3) is 2.56. The van der Waals surface area contributed by atoms with E-state index in [1.807, 2.05) is 6.07 Å². The molecule has 5 heteroatoms. The zero-order valence-corrected chi connectivity index (χ0v) is 9.27. The molecule has 0 saturated carbocycles. The first kappa shape index (κ1) is 11.2. The molecule has 0 aliphatic carbocycles. The van der Waals surface area contributed by atoms with E-state index in [4.69, 9.17) is 22.5 Å². The Labute approximate surface area is 91.9 Å². The van der Waals surface area contributed by atoms with Gasteiger partial charge in [0.1, 0.15) is 0 Å². The van der Waals surface area contributed by atoms with Gasteiger partial charge >= 0.3 is 0 Å². The van der Waals surface area contributed by atoms with Crippen LogP contribution in [-0.4, -0.2) is 16.8 Å². The number of benzene rings is 1. The van der Waals surface area contributed by atoms with Gasteiger partial charge in [0.2, 0.25) is 0 Å². The smallest absolute Gasteiger partial charge is 0.170 e. The summed E-state index contributed by atoms with van der Waals surface area (Å²) in [6.07, 6.45) is 0. The van der Waals surface area contributed by atoms with Gasteiger partial charge in [0.15, 0.2) is 5.84 Å². The summed E-state index contributed by atoms with van der Waals surface area (Å²) >= 11 is 7.65. The van der Waals surface area contributed by atoms with E-state index in [0.29, 0.717) is 10.6 Å². The highest BCUT2D eigenvalue weighted by Gasteiger charge is 2.04. The van der Waals surface area contributed by atoms with E-state index in [1.54, 1.807) is 23.9 Å². The topological polar surface area (TPSA) is 58.6 Å². The number of oxime groups is 1. The molecule has 3 nitrogen and oxygen atoms in total. The van der Waals surface area contributed by atoms with Crippen LogP contribution in [0.1, 0.15) is 12.5 Å². The molecule has 0 heterocycles. The van der Waals surface area contributed by atoms with Gasteiger partial charge in [-0.15, -0.1) is 11.8 Å². The SMILES string of the molecule is CCSc1ccc(C(N)=NO)cc1Cl. The fourth-order valence-corrected chi connectivity index (χ4v) is 2.01. The highest BCUT2D eigenvalue weighted by atomic mass is 35.5. The van der Waals surface area contributed by atoms with Crippen molar-refractivity contribution in [3.05, 3.63) is 28.8 Å². The number of halogens is 1. The monoisotopic (exact) mass is 230 g/mol. The second kappa shape index (κ2) is 5.12. The van der Waals surface area contributed by atoms with E-state index in [0.717, 1.165) is 10.6 Å². The minimum absolute atomic E-state index is 0.0694. The number of amidine groups is 1. The number of nitrogens with zero attached hydrogens (tertiary/aromatic N) is 1. The number of rotatable bonds is 3. The molecular formula is C9H11ClN2OS. The molecular weight excluding hydrogens is 220 g/mol. The predicted molar refractivity (Wildman–Crippen MR) is 60.4 cm³/mol. The Morgan fingerprint density at radius 3 is 2.86 bits per heavy atom. The molecule has 0 unspecified atom stereocenters. The van der Waals surface area contributed by atoms with Crippen molar-refractivity contribution in [3.63, 3.8) is 0 Å². The molecule has 1 aromatic rings. The van der Waals surface area contributed by atoms with Crippen LogP contribution < -0.4 is 5.73 Å². The van der Waals surface area contributed by atoms with Crippen LogP contribution >= 0.6 is 23.4 Å². The Hall–Kier alpha value is -0.870. The van der Waals surface area contributed by atoms with Crippen LogP contribution in [0.15, 0.2) is 28.3 Å². The third-order valence-corrected chi connectivity index (χ3v) is 3.02. The molecule has 3 N–H and O–H groups in total. The lowest BCUT2D eigenvalue weighted by atomic mass is 10.2. The number of hydrogen-bond acceptors (Lipinski definition) is 3. The Kier molecular flexibility index (Phi) is 4.10. The van der Waals surface area contributed by atoms with Crippen LogP contribution in [0.2, 0.25) is 5.02 Å². The van der Waals surface area contributed by atoms with Gasteiger partial charge in [-0.2, -0.15) is 0 Å². The van der Waals surface area contributed by atoms with Crippen molar-refractivity contribution in [2.45, 2.75) is 11.8 Å². The van der Waals surface area contributed by atoms with Gasteiger partial charge in [-0.1, -0.05) is 23.7 Å². The number of thioether (sulfide) groups is 1. The molecule has 0 amide bonds. The summed E-state index contributed by atoms with van der Waals surface area (Å²) in [5, 5.41) is 12.0. The van der Waals surface area contributed by atoms with Gasteiger partial charge in [0.05, 0.1) is 5.02 Å². The molecule has 0 radical (unpaired) electrons. The lowest BCUT2D eigenvalue weighted by Crippen LogP contribution is -2.12. The highest BCUT2D eigenvalue weighted by Crippen LogP contribution is 2.27. The highest BCUT2D eigenvalue weighted by molar-refractivity contribution is 7.99. The largest absolute Gasteiger partial charge is 0.409 e. The summed E-state index contributed by atoms with van der Waals surface area (Å²) in [6.45, 7) is 2.05. The first-order valence-electron chi connectivity index (χ1n) is 4.09. The van der Waals surface area contributed by atoms with Crippen LogP contribution in [0.4, 0.5) is 0 Å².